The lowest BCUT2D eigenvalue weighted by Gasteiger charge is -2.41. The van der Waals surface area contributed by atoms with Gasteiger partial charge in [-0.25, -0.2) is 0 Å². The Kier molecular flexibility index (Phi) is 4.02. The van der Waals surface area contributed by atoms with Crippen LogP contribution in [0.15, 0.2) is 108 Å². The minimum atomic E-state index is -0.832. The molecule has 0 amide bonds. The summed E-state index contributed by atoms with van der Waals surface area (Å²) in [5.74, 6) is 0.880. The Morgan fingerprint density at radius 2 is 1.45 bits per heavy atom. The number of para-hydroxylation sites is 1. The number of fused-ring (bicyclic) bond motifs is 5. The van der Waals surface area contributed by atoms with E-state index in [0.717, 1.165) is 38.5 Å². The van der Waals surface area contributed by atoms with Crippen molar-refractivity contribution in [3.63, 3.8) is 0 Å². The van der Waals surface area contributed by atoms with Crippen molar-refractivity contribution in [3.8, 4) is 16.9 Å². The second-order valence-corrected chi connectivity index (χ2v) is 8.50. The van der Waals surface area contributed by atoms with Crippen LogP contribution in [0.5, 0.6) is 5.75 Å². The van der Waals surface area contributed by atoms with Crippen molar-refractivity contribution in [1.82, 2.24) is 4.40 Å². The molecule has 0 fully saturated rings. The molecule has 5 aromatic rings. The van der Waals surface area contributed by atoms with Gasteiger partial charge >= 0.3 is 0 Å². The smallest absolute Gasteiger partial charge is 0.201 e. The molecule has 3 aromatic carbocycles. The number of aryl methyl sites for hydroxylation is 1. The monoisotopic (exact) mass is 419 g/mol. The van der Waals surface area contributed by atoms with E-state index in [0.29, 0.717) is 0 Å². The number of aromatic nitrogens is 1. The van der Waals surface area contributed by atoms with Gasteiger partial charge in [0.15, 0.2) is 0 Å². The number of benzene rings is 3. The van der Waals surface area contributed by atoms with Crippen molar-refractivity contribution in [2.75, 3.05) is 0 Å². The van der Waals surface area contributed by atoms with Crippen molar-refractivity contribution in [3.05, 3.63) is 126 Å². The zero-order valence-electron chi connectivity index (χ0n) is 17.1. The van der Waals surface area contributed by atoms with E-state index in [1.807, 2.05) is 18.2 Å². The van der Waals surface area contributed by atoms with Crippen LogP contribution in [-0.2, 0) is 5.60 Å². The number of hydrogen-bond acceptors (Lipinski definition) is 2. The standard InChI is InChI=1S/C28H21NOS/c1-19-10-2-4-13-23(19)28(24-14-5-7-16-26(24)31)27-22(18-20-11-8-9-17-29(20)27)21-12-3-6-15-25(21)30-28/h2-18,31H,1H3. The number of rotatable bonds is 2. The van der Waals surface area contributed by atoms with E-state index < -0.39 is 5.60 Å². The summed E-state index contributed by atoms with van der Waals surface area (Å²) in [4.78, 5) is 0.905. The van der Waals surface area contributed by atoms with Gasteiger partial charge in [-0.2, -0.15) is 0 Å². The molecule has 0 saturated carbocycles. The summed E-state index contributed by atoms with van der Waals surface area (Å²) in [6.45, 7) is 2.15. The predicted molar refractivity (Wildman–Crippen MR) is 128 cm³/mol. The third-order valence-corrected chi connectivity index (χ3v) is 6.65. The summed E-state index contributed by atoms with van der Waals surface area (Å²) in [6, 6.07) is 33.6. The van der Waals surface area contributed by atoms with Crippen LogP contribution in [0.2, 0.25) is 0 Å². The molecule has 31 heavy (non-hydrogen) atoms. The Balaban J connectivity index is 1.85. The molecule has 1 aliphatic rings. The minimum absolute atomic E-state index is 0.832. The van der Waals surface area contributed by atoms with E-state index in [9.17, 15) is 0 Å². The summed E-state index contributed by atoms with van der Waals surface area (Å²) in [7, 11) is 0. The average molecular weight is 420 g/mol. The second-order valence-electron chi connectivity index (χ2n) is 8.01. The number of ether oxygens (including phenoxy) is 1. The quantitative estimate of drug-likeness (QED) is 0.308. The molecule has 3 heteroatoms. The van der Waals surface area contributed by atoms with Crippen molar-refractivity contribution >= 4 is 18.1 Å². The molecule has 0 aliphatic carbocycles. The first kappa shape index (κ1) is 18.3. The second kappa shape index (κ2) is 6.79. The lowest BCUT2D eigenvalue weighted by molar-refractivity contribution is 0.142. The largest absolute Gasteiger partial charge is 0.471 e. The first-order chi connectivity index (χ1) is 15.2. The molecule has 150 valence electrons. The van der Waals surface area contributed by atoms with Gasteiger partial charge in [0.1, 0.15) is 5.75 Å². The molecule has 6 rings (SSSR count). The fourth-order valence-corrected chi connectivity index (χ4v) is 5.25. The molecule has 0 radical (unpaired) electrons. The molecule has 1 unspecified atom stereocenters. The summed E-state index contributed by atoms with van der Waals surface area (Å²) in [6.07, 6.45) is 2.12. The third kappa shape index (κ3) is 2.53. The number of nitrogens with zero attached hydrogens (tertiary/aromatic N) is 1. The van der Waals surface area contributed by atoms with Gasteiger partial charge in [0.05, 0.1) is 5.69 Å². The summed E-state index contributed by atoms with van der Waals surface area (Å²) in [5, 5.41) is 0. The fourth-order valence-electron chi connectivity index (χ4n) is 4.93. The zero-order valence-corrected chi connectivity index (χ0v) is 18.0. The van der Waals surface area contributed by atoms with E-state index >= 15 is 0 Å². The van der Waals surface area contributed by atoms with Gasteiger partial charge in [-0.3, -0.25) is 0 Å². The van der Waals surface area contributed by atoms with E-state index in [1.165, 1.54) is 11.1 Å². The SMILES string of the molecule is Cc1ccccc1C1(c2ccccc2S)Oc2ccccc2-c2cc3ccccn3c21. The molecule has 3 heterocycles. The molecule has 2 aromatic heterocycles. The molecular weight excluding hydrogens is 398 g/mol. The minimum Gasteiger partial charge on any atom is -0.471 e. The molecule has 0 N–H and O–H groups in total. The molecule has 0 saturated heterocycles. The van der Waals surface area contributed by atoms with Crippen LogP contribution < -0.4 is 4.74 Å². The van der Waals surface area contributed by atoms with Crippen LogP contribution in [0.25, 0.3) is 16.6 Å². The lowest BCUT2D eigenvalue weighted by atomic mass is 9.77. The third-order valence-electron chi connectivity index (χ3n) is 6.26. The Hall–Kier alpha value is -3.43. The first-order valence-electron chi connectivity index (χ1n) is 10.4. The Bertz CT molecular complexity index is 1400. The van der Waals surface area contributed by atoms with Gasteiger partial charge in [-0.15, -0.1) is 12.6 Å². The zero-order chi connectivity index (χ0) is 21.0. The topological polar surface area (TPSA) is 13.6 Å². The van der Waals surface area contributed by atoms with Gasteiger partial charge in [0.2, 0.25) is 5.60 Å². The van der Waals surface area contributed by atoms with Crippen molar-refractivity contribution in [1.29, 1.82) is 0 Å². The van der Waals surface area contributed by atoms with Crippen molar-refractivity contribution < 1.29 is 4.74 Å². The average Bonchev–Trinajstić information content (AvgIpc) is 3.20. The van der Waals surface area contributed by atoms with E-state index in [-0.39, 0.29) is 0 Å². The Labute approximate surface area is 187 Å². The highest BCUT2D eigenvalue weighted by Gasteiger charge is 2.48. The van der Waals surface area contributed by atoms with E-state index in [2.05, 4.69) is 96.4 Å². The first-order valence-corrected chi connectivity index (χ1v) is 10.9. The Morgan fingerprint density at radius 1 is 0.742 bits per heavy atom. The highest BCUT2D eigenvalue weighted by Crippen LogP contribution is 2.53. The van der Waals surface area contributed by atoms with Crippen LogP contribution >= 0.6 is 12.6 Å². The van der Waals surface area contributed by atoms with Crippen LogP contribution in [0.1, 0.15) is 22.4 Å². The number of hydrogen-bond donors (Lipinski definition) is 1. The highest BCUT2D eigenvalue weighted by molar-refractivity contribution is 7.80. The van der Waals surface area contributed by atoms with Crippen LogP contribution in [0, 0.1) is 6.92 Å². The van der Waals surface area contributed by atoms with Crippen molar-refractivity contribution in [2.45, 2.75) is 17.4 Å². The lowest BCUT2D eigenvalue weighted by Crippen LogP contribution is -2.40. The van der Waals surface area contributed by atoms with Crippen LogP contribution in [0.4, 0.5) is 0 Å². The van der Waals surface area contributed by atoms with Gasteiger partial charge in [0.25, 0.3) is 0 Å². The normalized spacial score (nSPS) is 17.1. The van der Waals surface area contributed by atoms with Crippen LogP contribution in [-0.4, -0.2) is 4.40 Å². The molecule has 2 nitrogen and oxygen atoms in total. The molecule has 1 aliphatic heterocycles. The summed E-state index contributed by atoms with van der Waals surface area (Å²) >= 11 is 4.89. The van der Waals surface area contributed by atoms with Gasteiger partial charge in [-0.05, 0) is 42.8 Å². The summed E-state index contributed by atoms with van der Waals surface area (Å²) in [5.41, 5.74) is 7.05. The van der Waals surface area contributed by atoms with Gasteiger partial charge < -0.3 is 9.14 Å². The maximum Gasteiger partial charge on any atom is 0.201 e. The molecule has 0 spiro atoms. The maximum absolute atomic E-state index is 7.08. The molecule has 1 atom stereocenters. The fraction of sp³-hybridized carbons (Fsp3) is 0.0714. The molecular formula is C28H21NOS. The Morgan fingerprint density at radius 3 is 2.29 bits per heavy atom. The summed E-state index contributed by atoms with van der Waals surface area (Å²) < 4.78 is 9.34. The van der Waals surface area contributed by atoms with Crippen LogP contribution in [0.3, 0.4) is 0 Å². The van der Waals surface area contributed by atoms with E-state index in [4.69, 9.17) is 17.4 Å². The molecule has 0 bridgehead atoms. The van der Waals surface area contributed by atoms with Gasteiger partial charge in [0, 0.05) is 38.9 Å². The maximum atomic E-state index is 7.08. The van der Waals surface area contributed by atoms with E-state index in [1.54, 1.807) is 0 Å². The number of thiol groups is 1. The highest BCUT2D eigenvalue weighted by atomic mass is 32.1. The van der Waals surface area contributed by atoms with Crippen molar-refractivity contribution in [2.24, 2.45) is 0 Å². The number of pyridine rings is 1. The predicted octanol–water partition coefficient (Wildman–Crippen LogP) is 6.89. The van der Waals surface area contributed by atoms with Gasteiger partial charge in [-0.1, -0.05) is 66.7 Å².